The number of nitriles is 1. The van der Waals surface area contributed by atoms with E-state index in [9.17, 15) is 10.1 Å². The number of benzene rings is 1. The van der Waals surface area contributed by atoms with E-state index in [1.165, 1.54) is 0 Å². The summed E-state index contributed by atoms with van der Waals surface area (Å²) in [5.41, 5.74) is 2.82. The number of aromatic nitrogens is 2. The number of hydrogen-bond acceptors (Lipinski definition) is 5. The number of piperazine rings is 1. The molecule has 146 valence electrons. The predicted octanol–water partition coefficient (Wildman–Crippen LogP) is 3.74. The van der Waals surface area contributed by atoms with Gasteiger partial charge in [0.25, 0.3) is 5.91 Å². The first kappa shape index (κ1) is 20.4. The Kier molecular flexibility index (Phi) is 6.38. The summed E-state index contributed by atoms with van der Waals surface area (Å²) in [6, 6.07) is 7.36. The van der Waals surface area contributed by atoms with Crippen molar-refractivity contribution in [3.8, 4) is 6.07 Å². The lowest BCUT2D eigenvalue weighted by atomic mass is 10.0. The number of aryl methyl sites for hydroxylation is 1. The standard InChI is InChI=1S/C20H21Cl2N5O/c1-3-13-15(12-23)19(25-24-17(13)4-2)26-8-10-27(11-9-26)20(28)14-6-5-7-16(21)18(14)22/h5-7H,3-4,8-11H2,1-2H3. The highest BCUT2D eigenvalue weighted by molar-refractivity contribution is 6.43. The molecule has 28 heavy (non-hydrogen) atoms. The molecule has 2 heterocycles. The van der Waals surface area contributed by atoms with E-state index >= 15 is 0 Å². The molecule has 0 spiro atoms. The Morgan fingerprint density at radius 2 is 1.86 bits per heavy atom. The Balaban J connectivity index is 1.78. The fourth-order valence-corrected chi connectivity index (χ4v) is 3.84. The zero-order valence-corrected chi connectivity index (χ0v) is 17.4. The molecule has 0 radical (unpaired) electrons. The van der Waals surface area contributed by atoms with Crippen molar-refractivity contribution in [1.29, 1.82) is 5.26 Å². The Hall–Kier alpha value is -2.36. The lowest BCUT2D eigenvalue weighted by molar-refractivity contribution is 0.0746. The van der Waals surface area contributed by atoms with Gasteiger partial charge in [-0.05, 0) is 30.5 Å². The lowest BCUT2D eigenvalue weighted by Crippen LogP contribution is -2.49. The van der Waals surface area contributed by atoms with Crippen molar-refractivity contribution in [2.45, 2.75) is 26.7 Å². The van der Waals surface area contributed by atoms with Crippen LogP contribution in [0.2, 0.25) is 10.0 Å². The molecule has 0 bridgehead atoms. The second kappa shape index (κ2) is 8.76. The molecule has 8 heteroatoms. The van der Waals surface area contributed by atoms with Crippen LogP contribution in [0.1, 0.15) is 41.0 Å². The first-order valence-corrected chi connectivity index (χ1v) is 10.0. The minimum atomic E-state index is -0.144. The molecule has 2 aromatic rings. The van der Waals surface area contributed by atoms with Gasteiger partial charge in [-0.25, -0.2) is 0 Å². The van der Waals surface area contributed by atoms with Gasteiger partial charge < -0.3 is 9.80 Å². The minimum absolute atomic E-state index is 0.144. The zero-order chi connectivity index (χ0) is 20.3. The van der Waals surface area contributed by atoms with Crippen LogP contribution in [0.5, 0.6) is 0 Å². The topological polar surface area (TPSA) is 73.1 Å². The van der Waals surface area contributed by atoms with Crippen LogP contribution in [0.4, 0.5) is 5.82 Å². The molecule has 1 aliphatic rings. The number of hydrogen-bond donors (Lipinski definition) is 0. The Morgan fingerprint density at radius 1 is 1.14 bits per heavy atom. The van der Waals surface area contributed by atoms with Crippen LogP contribution < -0.4 is 4.90 Å². The van der Waals surface area contributed by atoms with Gasteiger partial charge >= 0.3 is 0 Å². The smallest absolute Gasteiger partial charge is 0.255 e. The van der Waals surface area contributed by atoms with Crippen LogP contribution in [0.3, 0.4) is 0 Å². The van der Waals surface area contributed by atoms with Crippen molar-refractivity contribution in [3.63, 3.8) is 0 Å². The fourth-order valence-electron chi connectivity index (χ4n) is 3.46. The number of amides is 1. The van der Waals surface area contributed by atoms with E-state index in [1.807, 2.05) is 18.7 Å². The number of rotatable bonds is 4. The van der Waals surface area contributed by atoms with Crippen molar-refractivity contribution < 1.29 is 4.79 Å². The van der Waals surface area contributed by atoms with E-state index < -0.39 is 0 Å². The number of carbonyl (C=O) groups excluding carboxylic acids is 1. The molecule has 0 unspecified atom stereocenters. The average molecular weight is 418 g/mol. The second-order valence-electron chi connectivity index (χ2n) is 6.52. The van der Waals surface area contributed by atoms with Crippen molar-refractivity contribution >= 4 is 34.9 Å². The number of nitrogens with zero attached hydrogens (tertiary/aromatic N) is 5. The molecule has 1 aromatic heterocycles. The van der Waals surface area contributed by atoms with Crippen LogP contribution in [0.15, 0.2) is 18.2 Å². The second-order valence-corrected chi connectivity index (χ2v) is 7.31. The lowest BCUT2D eigenvalue weighted by Gasteiger charge is -2.36. The zero-order valence-electron chi connectivity index (χ0n) is 15.9. The van der Waals surface area contributed by atoms with Gasteiger partial charge in [0.1, 0.15) is 11.6 Å². The summed E-state index contributed by atoms with van der Waals surface area (Å²) in [4.78, 5) is 16.6. The van der Waals surface area contributed by atoms with E-state index in [2.05, 4.69) is 16.3 Å². The first-order valence-electron chi connectivity index (χ1n) is 9.28. The van der Waals surface area contributed by atoms with Gasteiger partial charge in [0.15, 0.2) is 5.82 Å². The van der Waals surface area contributed by atoms with Gasteiger partial charge in [0.2, 0.25) is 0 Å². The van der Waals surface area contributed by atoms with Crippen molar-refractivity contribution in [3.05, 3.63) is 50.6 Å². The number of halogens is 2. The van der Waals surface area contributed by atoms with E-state index in [0.717, 1.165) is 24.1 Å². The number of carbonyl (C=O) groups is 1. The van der Waals surface area contributed by atoms with Crippen LogP contribution in [-0.2, 0) is 12.8 Å². The molecule has 6 nitrogen and oxygen atoms in total. The van der Waals surface area contributed by atoms with Gasteiger partial charge in [-0.2, -0.15) is 10.4 Å². The molecule has 0 atom stereocenters. The molecular weight excluding hydrogens is 397 g/mol. The van der Waals surface area contributed by atoms with Crippen LogP contribution >= 0.6 is 23.2 Å². The maximum absolute atomic E-state index is 12.8. The number of anilines is 1. The molecule has 1 amide bonds. The molecule has 0 aliphatic carbocycles. The minimum Gasteiger partial charge on any atom is -0.350 e. The molecule has 1 saturated heterocycles. The predicted molar refractivity (Wildman–Crippen MR) is 110 cm³/mol. The average Bonchev–Trinajstić information content (AvgIpc) is 2.74. The van der Waals surface area contributed by atoms with Crippen molar-refractivity contribution in [2.24, 2.45) is 0 Å². The Bertz CT molecular complexity index is 933. The third-order valence-electron chi connectivity index (χ3n) is 4.99. The summed E-state index contributed by atoms with van der Waals surface area (Å²) in [5.74, 6) is 0.457. The van der Waals surface area contributed by atoms with Gasteiger partial charge in [0, 0.05) is 26.2 Å². The fraction of sp³-hybridized carbons (Fsp3) is 0.400. The summed E-state index contributed by atoms with van der Waals surface area (Å²) in [6.07, 6.45) is 1.48. The molecule has 0 N–H and O–H groups in total. The maximum atomic E-state index is 12.8. The van der Waals surface area contributed by atoms with E-state index in [-0.39, 0.29) is 10.9 Å². The van der Waals surface area contributed by atoms with Gasteiger partial charge in [-0.3, -0.25) is 4.79 Å². The maximum Gasteiger partial charge on any atom is 0.255 e. The largest absolute Gasteiger partial charge is 0.350 e. The third kappa shape index (κ3) is 3.78. The van der Waals surface area contributed by atoms with Crippen molar-refractivity contribution in [2.75, 3.05) is 31.1 Å². The van der Waals surface area contributed by atoms with Gasteiger partial charge in [0.05, 0.1) is 21.3 Å². The van der Waals surface area contributed by atoms with Gasteiger partial charge in [-0.15, -0.1) is 5.10 Å². The quantitative estimate of drug-likeness (QED) is 0.757. The summed E-state index contributed by atoms with van der Waals surface area (Å²) in [5, 5.41) is 19.0. The summed E-state index contributed by atoms with van der Waals surface area (Å²) in [6.45, 7) is 6.18. The Labute approximate surface area is 174 Å². The van der Waals surface area contributed by atoms with Crippen LogP contribution in [-0.4, -0.2) is 47.2 Å². The summed E-state index contributed by atoms with van der Waals surface area (Å²) in [7, 11) is 0. The van der Waals surface area contributed by atoms with Crippen LogP contribution in [0, 0.1) is 11.3 Å². The highest BCUT2D eigenvalue weighted by atomic mass is 35.5. The first-order chi connectivity index (χ1) is 13.5. The highest BCUT2D eigenvalue weighted by Crippen LogP contribution is 2.28. The van der Waals surface area contributed by atoms with Crippen LogP contribution in [0.25, 0.3) is 0 Å². The molecule has 1 aromatic carbocycles. The third-order valence-corrected chi connectivity index (χ3v) is 5.81. The highest BCUT2D eigenvalue weighted by Gasteiger charge is 2.27. The molecule has 3 rings (SSSR count). The normalized spacial score (nSPS) is 14.1. The summed E-state index contributed by atoms with van der Waals surface area (Å²) < 4.78 is 0. The SMILES string of the molecule is CCc1nnc(N2CCN(C(=O)c3cccc(Cl)c3Cl)CC2)c(C#N)c1CC. The van der Waals surface area contributed by atoms with E-state index in [0.29, 0.717) is 48.1 Å². The molecule has 1 fully saturated rings. The van der Waals surface area contributed by atoms with Gasteiger partial charge in [-0.1, -0.05) is 43.1 Å². The monoisotopic (exact) mass is 417 g/mol. The summed E-state index contributed by atoms with van der Waals surface area (Å²) >= 11 is 12.2. The Morgan fingerprint density at radius 3 is 2.46 bits per heavy atom. The molecule has 0 saturated carbocycles. The van der Waals surface area contributed by atoms with E-state index in [4.69, 9.17) is 23.2 Å². The molecular formula is C20H21Cl2N5O. The van der Waals surface area contributed by atoms with E-state index in [1.54, 1.807) is 23.1 Å². The van der Waals surface area contributed by atoms with Crippen molar-refractivity contribution in [1.82, 2.24) is 15.1 Å². The molecule has 1 aliphatic heterocycles.